The first-order valence-electron chi connectivity index (χ1n) is 18.8. The molecule has 0 aliphatic carbocycles. The van der Waals surface area contributed by atoms with Crippen LogP contribution in [0.2, 0.25) is 0 Å². The monoisotopic (exact) mass is 733 g/mol. The number of benzene rings is 6. The van der Waals surface area contributed by atoms with Crippen molar-refractivity contribution in [2.75, 3.05) is 4.90 Å². The number of aromatic nitrogens is 4. The third kappa shape index (κ3) is 5.86. The van der Waals surface area contributed by atoms with Gasteiger partial charge in [-0.1, -0.05) is 84.9 Å². The summed E-state index contributed by atoms with van der Waals surface area (Å²) < 4.78 is 12.1. The highest BCUT2D eigenvalue weighted by atomic mass is 16.3. The van der Waals surface area contributed by atoms with E-state index < -0.39 is 0 Å². The first-order valence-corrected chi connectivity index (χ1v) is 18.8. The largest absolute Gasteiger partial charge is 0.454 e. The highest BCUT2D eigenvalue weighted by molar-refractivity contribution is 6.03. The first-order chi connectivity index (χ1) is 28.2. The van der Waals surface area contributed by atoms with Gasteiger partial charge in [-0.25, -0.2) is 15.0 Å². The van der Waals surface area contributed by atoms with Crippen LogP contribution in [0, 0.1) is 0 Å². The highest BCUT2D eigenvalue weighted by Crippen LogP contribution is 2.39. The number of furan rings is 1. The predicted molar refractivity (Wildman–Crippen MR) is 229 cm³/mol. The summed E-state index contributed by atoms with van der Waals surface area (Å²) >= 11 is 0. The van der Waals surface area contributed by atoms with Crippen LogP contribution in [0.3, 0.4) is 0 Å². The summed E-state index contributed by atoms with van der Waals surface area (Å²) in [5.74, 6) is 0.589. The van der Waals surface area contributed by atoms with Crippen LogP contribution in [0.15, 0.2) is 197 Å². The van der Waals surface area contributed by atoms with Crippen molar-refractivity contribution in [3.05, 3.63) is 188 Å². The molecule has 0 radical (unpaired) electrons. The van der Waals surface area contributed by atoms with Gasteiger partial charge in [-0.2, -0.15) is 0 Å². The summed E-state index contributed by atoms with van der Waals surface area (Å²) in [5, 5.41) is 2.05. The summed E-state index contributed by atoms with van der Waals surface area (Å²) in [6.45, 7) is 0. The molecule has 5 aromatic heterocycles. The van der Waals surface area contributed by atoms with Crippen molar-refractivity contribution in [1.82, 2.24) is 19.9 Å². The fraction of sp³-hybridized carbons (Fsp3) is 0. The minimum absolute atomic E-state index is 0.589. The summed E-state index contributed by atoms with van der Waals surface area (Å²) in [5.41, 5.74) is 14.5. The number of fused-ring (bicyclic) bond motifs is 5. The first kappa shape index (κ1) is 32.5. The molecule has 11 rings (SSSR count). The molecule has 7 nitrogen and oxygen atoms in total. The van der Waals surface area contributed by atoms with Crippen LogP contribution in [-0.4, -0.2) is 19.9 Å². The average Bonchev–Trinajstić information content (AvgIpc) is 3.89. The maximum atomic E-state index is 6.10. The van der Waals surface area contributed by atoms with Gasteiger partial charge in [-0.3, -0.25) is 4.98 Å². The second-order valence-electron chi connectivity index (χ2n) is 13.9. The van der Waals surface area contributed by atoms with Gasteiger partial charge in [0.15, 0.2) is 11.2 Å². The minimum atomic E-state index is 0.589. The molecule has 0 amide bonds. The van der Waals surface area contributed by atoms with Crippen molar-refractivity contribution in [2.24, 2.45) is 0 Å². The van der Waals surface area contributed by atoms with Gasteiger partial charge in [-0.15, -0.1) is 0 Å². The van der Waals surface area contributed by atoms with Gasteiger partial charge in [0.1, 0.15) is 16.6 Å². The van der Waals surface area contributed by atoms with Crippen molar-refractivity contribution in [1.29, 1.82) is 0 Å². The maximum Gasteiger partial charge on any atom is 0.227 e. The Bertz CT molecular complexity index is 3190. The lowest BCUT2D eigenvalue weighted by Gasteiger charge is -2.26. The predicted octanol–water partition coefficient (Wildman–Crippen LogP) is 13.2. The van der Waals surface area contributed by atoms with Gasteiger partial charge in [0.05, 0.1) is 22.6 Å². The summed E-state index contributed by atoms with van der Waals surface area (Å²) in [6, 6.07) is 61.7. The zero-order valence-corrected chi connectivity index (χ0v) is 30.5. The van der Waals surface area contributed by atoms with Gasteiger partial charge in [0.25, 0.3) is 0 Å². The zero-order valence-electron chi connectivity index (χ0n) is 30.5. The molecule has 7 heteroatoms. The Morgan fingerprint density at radius 2 is 1.05 bits per heavy atom. The lowest BCUT2D eigenvalue weighted by Crippen LogP contribution is -2.09. The van der Waals surface area contributed by atoms with E-state index in [1.165, 1.54) is 0 Å². The number of pyridine rings is 3. The fourth-order valence-corrected chi connectivity index (χ4v) is 7.54. The van der Waals surface area contributed by atoms with Crippen LogP contribution in [0.1, 0.15) is 0 Å². The Labute approximate surface area is 327 Å². The standard InChI is InChI=1S/C50H31N5O2/c1-2-9-34(10-3-1)48-47-36(11-8-30-51-47)31-43(53-48)33-18-24-38(25-19-33)55(39-26-20-35(21-27-39)50-54-42-13-5-7-15-45(42)57-50)37-22-16-32(17-23-37)41-28-29-46-49(52-41)40-12-4-6-14-44(40)56-46/h1-31H. The van der Waals surface area contributed by atoms with Crippen molar-refractivity contribution in [3.63, 3.8) is 0 Å². The molecule has 0 saturated heterocycles. The highest BCUT2D eigenvalue weighted by Gasteiger charge is 2.17. The minimum Gasteiger partial charge on any atom is -0.454 e. The number of para-hydroxylation sites is 3. The molecule has 0 atom stereocenters. The summed E-state index contributed by atoms with van der Waals surface area (Å²) in [7, 11) is 0. The van der Waals surface area contributed by atoms with Crippen molar-refractivity contribution in [2.45, 2.75) is 0 Å². The second-order valence-corrected chi connectivity index (χ2v) is 13.9. The summed E-state index contributed by atoms with van der Waals surface area (Å²) in [6.07, 6.45) is 1.82. The Kier molecular flexibility index (Phi) is 7.67. The molecule has 0 bridgehead atoms. The Hall–Kier alpha value is -7.90. The third-order valence-electron chi connectivity index (χ3n) is 10.4. The Balaban J connectivity index is 0.980. The zero-order chi connectivity index (χ0) is 37.7. The molecule has 0 unspecified atom stereocenters. The van der Waals surface area contributed by atoms with Crippen LogP contribution in [0.4, 0.5) is 17.1 Å². The molecule has 268 valence electrons. The number of anilines is 3. The maximum absolute atomic E-state index is 6.10. The fourth-order valence-electron chi connectivity index (χ4n) is 7.54. The van der Waals surface area contributed by atoms with Gasteiger partial charge < -0.3 is 13.7 Å². The molecule has 57 heavy (non-hydrogen) atoms. The van der Waals surface area contributed by atoms with Gasteiger partial charge >= 0.3 is 0 Å². The van der Waals surface area contributed by atoms with E-state index >= 15 is 0 Å². The van der Waals surface area contributed by atoms with Crippen LogP contribution in [-0.2, 0) is 0 Å². The second kappa shape index (κ2) is 13.4. The van der Waals surface area contributed by atoms with Crippen molar-refractivity contribution < 1.29 is 8.83 Å². The number of rotatable bonds is 7. The molecule has 0 saturated carbocycles. The van der Waals surface area contributed by atoms with E-state index in [1.54, 1.807) is 0 Å². The van der Waals surface area contributed by atoms with Crippen LogP contribution in [0.25, 0.3) is 89.3 Å². The van der Waals surface area contributed by atoms with E-state index in [-0.39, 0.29) is 0 Å². The molecule has 0 N–H and O–H groups in total. The van der Waals surface area contributed by atoms with Crippen LogP contribution in [0.5, 0.6) is 0 Å². The third-order valence-corrected chi connectivity index (χ3v) is 10.4. The number of hydrogen-bond donors (Lipinski definition) is 0. The molecule has 0 fully saturated rings. The topological polar surface area (TPSA) is 81.1 Å². The van der Waals surface area contributed by atoms with Crippen molar-refractivity contribution >= 4 is 61.1 Å². The molecule has 6 aromatic carbocycles. The quantitative estimate of drug-likeness (QED) is 0.161. The van der Waals surface area contributed by atoms with E-state index in [1.807, 2.05) is 85.1 Å². The van der Waals surface area contributed by atoms with E-state index in [0.717, 1.165) is 100 Å². The number of hydrogen-bond acceptors (Lipinski definition) is 7. The van der Waals surface area contributed by atoms with Gasteiger partial charge in [0, 0.05) is 56.3 Å². The van der Waals surface area contributed by atoms with E-state index in [2.05, 4.69) is 108 Å². The lowest BCUT2D eigenvalue weighted by molar-refractivity contribution is 0.620. The molecule has 0 spiro atoms. The molecular formula is C50H31N5O2. The van der Waals surface area contributed by atoms with E-state index in [9.17, 15) is 0 Å². The Morgan fingerprint density at radius 1 is 0.404 bits per heavy atom. The number of oxazole rings is 1. The van der Waals surface area contributed by atoms with E-state index in [0.29, 0.717) is 5.89 Å². The SMILES string of the molecule is c1ccc(-c2nc(-c3ccc(N(c4ccc(-c5ccc6oc7ccccc7c6n5)cc4)c4ccc(-c5nc6ccccc6o5)cc4)cc3)cc3cccnc23)cc1. The molecule has 5 heterocycles. The van der Waals surface area contributed by atoms with Gasteiger partial charge in [-0.05, 0) is 97.1 Å². The average molecular weight is 734 g/mol. The van der Waals surface area contributed by atoms with Crippen LogP contribution >= 0.6 is 0 Å². The molecule has 11 aromatic rings. The molecular weight excluding hydrogens is 703 g/mol. The van der Waals surface area contributed by atoms with Gasteiger partial charge in [0.2, 0.25) is 5.89 Å². The number of nitrogens with zero attached hydrogens (tertiary/aromatic N) is 5. The summed E-state index contributed by atoms with van der Waals surface area (Å²) in [4.78, 5) is 21.9. The lowest BCUT2D eigenvalue weighted by atomic mass is 10.0. The van der Waals surface area contributed by atoms with Crippen molar-refractivity contribution in [3.8, 4) is 45.2 Å². The smallest absolute Gasteiger partial charge is 0.227 e. The van der Waals surface area contributed by atoms with Crippen LogP contribution < -0.4 is 4.90 Å². The van der Waals surface area contributed by atoms with E-state index in [4.69, 9.17) is 28.8 Å². The molecule has 0 aliphatic rings. The Morgan fingerprint density at radius 3 is 1.79 bits per heavy atom. The molecule has 0 aliphatic heterocycles. The normalized spacial score (nSPS) is 11.5.